The Kier molecular flexibility index (Phi) is 2.33. The largest absolute Gasteiger partial charge is 0.416 e. The molecule has 1 aliphatic rings. The predicted octanol–water partition coefficient (Wildman–Crippen LogP) is 4.23. The van der Waals surface area contributed by atoms with Crippen LogP contribution < -0.4 is 0 Å². The topological polar surface area (TPSA) is 0 Å². The van der Waals surface area contributed by atoms with E-state index in [9.17, 15) is 13.2 Å². The molecule has 0 N–H and O–H groups in total. The molecule has 80 valence electrons. The molecule has 0 radical (unpaired) electrons. The van der Waals surface area contributed by atoms with Crippen molar-refractivity contribution in [2.45, 2.75) is 24.9 Å². The molecule has 0 aliphatic heterocycles. The average Bonchev–Trinajstić information content (AvgIpc) is 2.99. The van der Waals surface area contributed by atoms with Crippen LogP contribution in [0.1, 0.15) is 35.4 Å². The molecule has 0 unspecified atom stereocenters. The van der Waals surface area contributed by atoms with Crippen LogP contribution in [0.25, 0.3) is 6.08 Å². The highest BCUT2D eigenvalue weighted by Gasteiger charge is 2.33. The average molecular weight is 212 g/mol. The minimum absolute atomic E-state index is 0.325. The molecule has 1 aromatic carbocycles. The Hall–Kier alpha value is -1.25. The second-order valence-corrected chi connectivity index (χ2v) is 3.86. The smallest absolute Gasteiger partial charge is 0.166 e. The zero-order valence-corrected chi connectivity index (χ0v) is 8.14. The van der Waals surface area contributed by atoms with E-state index in [1.165, 1.54) is 12.1 Å². The quantitative estimate of drug-likeness (QED) is 0.688. The number of rotatable bonds is 2. The Morgan fingerprint density at radius 1 is 1.20 bits per heavy atom. The summed E-state index contributed by atoms with van der Waals surface area (Å²) in [6.07, 6.45) is -0.806. The number of hydrogen-bond acceptors (Lipinski definition) is 0. The van der Waals surface area contributed by atoms with Crippen molar-refractivity contribution in [3.63, 3.8) is 0 Å². The van der Waals surface area contributed by atoms with Gasteiger partial charge in [-0.25, -0.2) is 0 Å². The number of alkyl halides is 3. The Labute approximate surface area is 86.4 Å². The molecule has 0 saturated heterocycles. The first kappa shape index (κ1) is 10.3. The molecule has 0 aromatic heterocycles. The number of hydrogen-bond donors (Lipinski definition) is 0. The zero-order chi connectivity index (χ0) is 11.1. The number of halogens is 3. The third kappa shape index (κ3) is 2.22. The van der Waals surface area contributed by atoms with Crippen LogP contribution in [0.15, 0.2) is 24.8 Å². The molecule has 0 bridgehead atoms. The third-order valence-electron chi connectivity index (χ3n) is 2.59. The molecule has 1 aromatic rings. The Morgan fingerprint density at radius 3 is 2.33 bits per heavy atom. The highest BCUT2D eigenvalue weighted by atomic mass is 19.4. The fourth-order valence-corrected chi connectivity index (χ4v) is 1.61. The Balaban J connectivity index is 2.45. The lowest BCUT2D eigenvalue weighted by Gasteiger charge is -2.10. The molecule has 0 nitrogen and oxygen atoms in total. The maximum Gasteiger partial charge on any atom is 0.416 e. The van der Waals surface area contributed by atoms with E-state index in [1.807, 2.05) is 0 Å². The van der Waals surface area contributed by atoms with Gasteiger partial charge in [0.2, 0.25) is 0 Å². The molecule has 3 heteroatoms. The van der Waals surface area contributed by atoms with E-state index >= 15 is 0 Å². The highest BCUT2D eigenvalue weighted by Crippen LogP contribution is 2.42. The first-order valence-corrected chi connectivity index (χ1v) is 4.85. The van der Waals surface area contributed by atoms with Crippen LogP contribution in [0.4, 0.5) is 13.2 Å². The van der Waals surface area contributed by atoms with Gasteiger partial charge in [-0.15, -0.1) is 0 Å². The summed E-state index contributed by atoms with van der Waals surface area (Å²) in [7, 11) is 0. The molecular weight excluding hydrogens is 201 g/mol. The maximum atomic E-state index is 12.5. The predicted molar refractivity (Wildman–Crippen MR) is 53.5 cm³/mol. The van der Waals surface area contributed by atoms with Crippen molar-refractivity contribution in [3.05, 3.63) is 41.5 Å². The van der Waals surface area contributed by atoms with Crippen molar-refractivity contribution in [1.82, 2.24) is 0 Å². The van der Waals surface area contributed by atoms with Gasteiger partial charge < -0.3 is 0 Å². The molecule has 0 amide bonds. The van der Waals surface area contributed by atoms with E-state index in [0.717, 1.165) is 24.5 Å². The van der Waals surface area contributed by atoms with Crippen LogP contribution in [0.3, 0.4) is 0 Å². The molecule has 1 fully saturated rings. The van der Waals surface area contributed by atoms with Gasteiger partial charge >= 0.3 is 6.18 Å². The summed E-state index contributed by atoms with van der Waals surface area (Å²) >= 11 is 0. The van der Waals surface area contributed by atoms with Crippen molar-refractivity contribution < 1.29 is 13.2 Å². The summed E-state index contributed by atoms with van der Waals surface area (Å²) in [4.78, 5) is 0. The zero-order valence-electron chi connectivity index (χ0n) is 8.14. The molecule has 15 heavy (non-hydrogen) atoms. The second kappa shape index (κ2) is 3.40. The van der Waals surface area contributed by atoms with Crippen LogP contribution in [-0.2, 0) is 6.18 Å². The lowest BCUT2D eigenvalue weighted by atomic mass is 10.0. The van der Waals surface area contributed by atoms with Gasteiger partial charge in [-0.1, -0.05) is 18.7 Å². The van der Waals surface area contributed by atoms with Gasteiger partial charge in [0.25, 0.3) is 0 Å². The Morgan fingerprint density at radius 2 is 1.87 bits per heavy atom. The van der Waals surface area contributed by atoms with E-state index in [0.29, 0.717) is 11.5 Å². The van der Waals surface area contributed by atoms with E-state index in [1.54, 1.807) is 6.07 Å². The van der Waals surface area contributed by atoms with E-state index in [-0.39, 0.29) is 0 Å². The molecular formula is C12H11F3. The molecule has 2 rings (SSSR count). The van der Waals surface area contributed by atoms with E-state index in [2.05, 4.69) is 6.58 Å². The minimum atomic E-state index is -4.26. The first-order valence-electron chi connectivity index (χ1n) is 4.85. The molecule has 0 spiro atoms. The molecule has 1 aliphatic carbocycles. The normalized spacial score (nSPS) is 16.5. The van der Waals surface area contributed by atoms with Gasteiger partial charge in [0.05, 0.1) is 5.56 Å². The van der Waals surface area contributed by atoms with Crippen LogP contribution in [0.2, 0.25) is 0 Å². The van der Waals surface area contributed by atoms with Gasteiger partial charge in [0, 0.05) is 0 Å². The van der Waals surface area contributed by atoms with Gasteiger partial charge in [-0.05, 0) is 42.0 Å². The SMILES string of the molecule is C=Cc1cc(C2CC2)cc(C(F)(F)F)c1. The van der Waals surface area contributed by atoms with E-state index < -0.39 is 11.7 Å². The standard InChI is InChI=1S/C12H11F3/c1-2-8-5-10(9-3-4-9)7-11(6-8)12(13,14)15/h2,5-7,9H,1,3-4H2. The molecule has 0 atom stereocenters. The number of benzene rings is 1. The second-order valence-electron chi connectivity index (χ2n) is 3.86. The lowest BCUT2D eigenvalue weighted by Crippen LogP contribution is -2.05. The first-order chi connectivity index (χ1) is 7.00. The van der Waals surface area contributed by atoms with E-state index in [4.69, 9.17) is 0 Å². The van der Waals surface area contributed by atoms with Crippen LogP contribution in [-0.4, -0.2) is 0 Å². The van der Waals surface area contributed by atoms with Crippen molar-refractivity contribution in [2.75, 3.05) is 0 Å². The minimum Gasteiger partial charge on any atom is -0.166 e. The van der Waals surface area contributed by atoms with Crippen molar-refractivity contribution in [3.8, 4) is 0 Å². The summed E-state index contributed by atoms with van der Waals surface area (Å²) < 4.78 is 37.6. The molecule has 1 saturated carbocycles. The lowest BCUT2D eigenvalue weighted by molar-refractivity contribution is -0.137. The van der Waals surface area contributed by atoms with Crippen LogP contribution in [0, 0.1) is 0 Å². The summed E-state index contributed by atoms with van der Waals surface area (Å²) in [5.41, 5.74) is 0.772. The monoisotopic (exact) mass is 212 g/mol. The van der Waals surface area contributed by atoms with Gasteiger partial charge in [-0.2, -0.15) is 13.2 Å². The highest BCUT2D eigenvalue weighted by molar-refractivity contribution is 5.51. The van der Waals surface area contributed by atoms with Crippen molar-refractivity contribution >= 4 is 6.08 Å². The Bertz CT molecular complexity index is 386. The van der Waals surface area contributed by atoms with Crippen LogP contribution in [0.5, 0.6) is 0 Å². The summed E-state index contributed by atoms with van der Waals surface area (Å²) in [6, 6.07) is 4.18. The fraction of sp³-hybridized carbons (Fsp3) is 0.333. The van der Waals surface area contributed by atoms with Crippen molar-refractivity contribution in [2.24, 2.45) is 0 Å². The molecule has 0 heterocycles. The fourth-order valence-electron chi connectivity index (χ4n) is 1.61. The maximum absolute atomic E-state index is 12.5. The summed E-state index contributed by atoms with van der Waals surface area (Å²) in [5, 5.41) is 0. The van der Waals surface area contributed by atoms with Crippen LogP contribution >= 0.6 is 0 Å². The van der Waals surface area contributed by atoms with Gasteiger partial charge in [0.15, 0.2) is 0 Å². The van der Waals surface area contributed by atoms with Gasteiger partial charge in [0.1, 0.15) is 0 Å². The summed E-state index contributed by atoms with van der Waals surface area (Å²) in [6.45, 7) is 3.51. The van der Waals surface area contributed by atoms with Gasteiger partial charge in [-0.3, -0.25) is 0 Å². The third-order valence-corrected chi connectivity index (χ3v) is 2.59. The summed E-state index contributed by atoms with van der Waals surface area (Å²) in [5.74, 6) is 0.325. The van der Waals surface area contributed by atoms with Crippen molar-refractivity contribution in [1.29, 1.82) is 0 Å².